The minimum Gasteiger partial charge on any atom is -0.312 e. The molecule has 1 N–H and O–H groups in total. The molecule has 0 spiro atoms. The zero-order valence-electron chi connectivity index (χ0n) is 15.1. The van der Waals surface area contributed by atoms with Crippen LogP contribution >= 0.6 is 0 Å². The quantitative estimate of drug-likeness (QED) is 0.625. The molecule has 1 aliphatic rings. The molecule has 1 aliphatic carbocycles. The number of nitrogens with one attached hydrogen (secondary N) is 1. The standard InChI is InChI=1S/C20H29F2NO/c1-4-7-19(24)17-10-15(13-23-12-14-8-6-9-14)11-18(16(17)5-2)20(3,21)22/h10-11,14,23H,4-9,12-13H2,1-3H3. The van der Waals surface area contributed by atoms with Gasteiger partial charge in [-0.15, -0.1) is 0 Å². The molecule has 24 heavy (non-hydrogen) atoms. The second kappa shape index (κ2) is 8.19. The third-order valence-corrected chi connectivity index (χ3v) is 4.90. The van der Waals surface area contributed by atoms with Gasteiger partial charge in [-0.05, 0) is 61.4 Å². The van der Waals surface area contributed by atoms with Gasteiger partial charge in [-0.1, -0.05) is 20.3 Å². The Labute approximate surface area is 144 Å². The van der Waals surface area contributed by atoms with E-state index in [-0.39, 0.29) is 11.3 Å². The van der Waals surface area contributed by atoms with Crippen molar-refractivity contribution in [2.45, 2.75) is 71.8 Å². The van der Waals surface area contributed by atoms with E-state index < -0.39 is 5.92 Å². The molecule has 0 aromatic heterocycles. The number of carbonyl (C=O) groups is 1. The van der Waals surface area contributed by atoms with Crippen LogP contribution in [0, 0.1) is 5.92 Å². The molecule has 0 aliphatic heterocycles. The van der Waals surface area contributed by atoms with Gasteiger partial charge in [-0.25, -0.2) is 8.78 Å². The topological polar surface area (TPSA) is 29.1 Å². The number of hydrogen-bond acceptors (Lipinski definition) is 2. The van der Waals surface area contributed by atoms with Crippen LogP contribution in [-0.2, 0) is 18.9 Å². The van der Waals surface area contributed by atoms with Crippen molar-refractivity contribution in [1.29, 1.82) is 0 Å². The Bertz CT molecular complexity index is 574. The molecule has 0 amide bonds. The molecule has 0 saturated heterocycles. The van der Waals surface area contributed by atoms with Crippen molar-refractivity contribution in [3.8, 4) is 0 Å². The van der Waals surface area contributed by atoms with Gasteiger partial charge < -0.3 is 5.32 Å². The summed E-state index contributed by atoms with van der Waals surface area (Å²) in [4.78, 5) is 12.4. The van der Waals surface area contributed by atoms with E-state index in [0.29, 0.717) is 36.4 Å². The zero-order chi connectivity index (χ0) is 17.7. The minimum atomic E-state index is -2.93. The van der Waals surface area contributed by atoms with E-state index in [1.807, 2.05) is 19.9 Å². The summed E-state index contributed by atoms with van der Waals surface area (Å²) in [6.45, 7) is 6.15. The van der Waals surface area contributed by atoms with E-state index in [4.69, 9.17) is 0 Å². The summed E-state index contributed by atoms with van der Waals surface area (Å²) in [5.41, 5.74) is 1.78. The monoisotopic (exact) mass is 337 g/mol. The van der Waals surface area contributed by atoms with Gasteiger partial charge in [0.25, 0.3) is 5.92 Å². The summed E-state index contributed by atoms with van der Waals surface area (Å²) >= 11 is 0. The maximum absolute atomic E-state index is 14.1. The molecule has 0 unspecified atom stereocenters. The highest BCUT2D eigenvalue weighted by molar-refractivity contribution is 5.98. The Morgan fingerprint density at radius 3 is 2.50 bits per heavy atom. The lowest BCUT2D eigenvalue weighted by molar-refractivity contribution is 0.0164. The molecule has 0 bridgehead atoms. The lowest BCUT2D eigenvalue weighted by Crippen LogP contribution is -2.27. The fourth-order valence-corrected chi connectivity index (χ4v) is 3.33. The Balaban J connectivity index is 2.28. The maximum Gasteiger partial charge on any atom is 0.270 e. The Hall–Kier alpha value is -1.29. The van der Waals surface area contributed by atoms with Crippen molar-refractivity contribution >= 4 is 5.78 Å². The highest BCUT2D eigenvalue weighted by Gasteiger charge is 2.30. The molecule has 0 radical (unpaired) electrons. The number of halogens is 2. The lowest BCUT2D eigenvalue weighted by Gasteiger charge is -2.26. The number of alkyl halides is 2. The Morgan fingerprint density at radius 1 is 1.29 bits per heavy atom. The minimum absolute atomic E-state index is 0.00685. The second-order valence-corrected chi connectivity index (χ2v) is 7.01. The molecule has 0 atom stereocenters. The Morgan fingerprint density at radius 2 is 2.00 bits per heavy atom. The van der Waals surface area contributed by atoms with Crippen LogP contribution in [0.2, 0.25) is 0 Å². The number of rotatable bonds is 9. The molecule has 4 heteroatoms. The summed E-state index contributed by atoms with van der Waals surface area (Å²) in [5, 5.41) is 3.36. The van der Waals surface area contributed by atoms with E-state index in [1.165, 1.54) is 19.3 Å². The molecule has 1 aromatic rings. The van der Waals surface area contributed by atoms with Gasteiger partial charge in [0, 0.05) is 31.0 Å². The van der Waals surface area contributed by atoms with Crippen LogP contribution in [0.1, 0.15) is 79.9 Å². The largest absolute Gasteiger partial charge is 0.312 e. The molecule has 134 valence electrons. The van der Waals surface area contributed by atoms with Crippen molar-refractivity contribution in [1.82, 2.24) is 5.32 Å². The SMILES string of the molecule is CCCC(=O)c1cc(CNCC2CCC2)cc(C(C)(F)F)c1CC. The molecule has 2 rings (SSSR count). The van der Waals surface area contributed by atoms with Crippen molar-refractivity contribution in [2.24, 2.45) is 5.92 Å². The van der Waals surface area contributed by atoms with Crippen LogP contribution in [-0.4, -0.2) is 12.3 Å². The van der Waals surface area contributed by atoms with Crippen LogP contribution in [0.15, 0.2) is 12.1 Å². The second-order valence-electron chi connectivity index (χ2n) is 7.01. The summed E-state index contributed by atoms with van der Waals surface area (Å²) in [6.07, 6.45) is 5.37. The molecule has 1 saturated carbocycles. The van der Waals surface area contributed by atoms with E-state index in [1.54, 1.807) is 6.07 Å². The van der Waals surface area contributed by atoms with Gasteiger partial charge in [0.1, 0.15) is 0 Å². The van der Waals surface area contributed by atoms with Gasteiger partial charge in [-0.3, -0.25) is 4.79 Å². The lowest BCUT2D eigenvalue weighted by atomic mass is 9.85. The van der Waals surface area contributed by atoms with Gasteiger partial charge in [-0.2, -0.15) is 0 Å². The molecule has 1 aromatic carbocycles. The number of ketones is 1. The third-order valence-electron chi connectivity index (χ3n) is 4.90. The normalized spacial score (nSPS) is 15.4. The number of Topliss-reactive ketones (excluding diaryl/α,β-unsaturated/α-hetero) is 1. The highest BCUT2D eigenvalue weighted by atomic mass is 19.3. The van der Waals surface area contributed by atoms with Crippen LogP contribution in [0.3, 0.4) is 0 Å². The third kappa shape index (κ3) is 4.62. The summed E-state index contributed by atoms with van der Waals surface area (Å²) < 4.78 is 28.2. The zero-order valence-corrected chi connectivity index (χ0v) is 15.1. The maximum atomic E-state index is 14.1. The van der Waals surface area contributed by atoms with E-state index in [9.17, 15) is 13.6 Å². The van der Waals surface area contributed by atoms with Gasteiger partial charge in [0.05, 0.1) is 0 Å². The van der Waals surface area contributed by atoms with Crippen molar-refractivity contribution in [3.05, 3.63) is 34.4 Å². The molecule has 1 fully saturated rings. The fraction of sp³-hybridized carbons (Fsp3) is 0.650. The van der Waals surface area contributed by atoms with Crippen LogP contribution < -0.4 is 5.32 Å². The summed E-state index contributed by atoms with van der Waals surface area (Å²) in [6, 6.07) is 3.40. The van der Waals surface area contributed by atoms with Crippen molar-refractivity contribution in [2.75, 3.05) is 6.54 Å². The molecular formula is C20H29F2NO. The molecule has 0 heterocycles. The number of carbonyl (C=O) groups excluding carboxylic acids is 1. The number of hydrogen-bond donors (Lipinski definition) is 1. The predicted molar refractivity (Wildman–Crippen MR) is 93.7 cm³/mol. The van der Waals surface area contributed by atoms with E-state index >= 15 is 0 Å². The number of benzene rings is 1. The predicted octanol–water partition coefficient (Wildman–Crippen LogP) is 5.23. The van der Waals surface area contributed by atoms with Gasteiger partial charge >= 0.3 is 0 Å². The van der Waals surface area contributed by atoms with Crippen molar-refractivity contribution in [3.63, 3.8) is 0 Å². The van der Waals surface area contributed by atoms with Crippen LogP contribution in [0.5, 0.6) is 0 Å². The molecular weight excluding hydrogens is 308 g/mol. The van der Waals surface area contributed by atoms with Crippen molar-refractivity contribution < 1.29 is 13.6 Å². The fourth-order valence-electron chi connectivity index (χ4n) is 3.33. The van der Waals surface area contributed by atoms with Gasteiger partial charge in [0.2, 0.25) is 0 Å². The first kappa shape index (κ1) is 19.0. The van der Waals surface area contributed by atoms with E-state index in [2.05, 4.69) is 5.32 Å². The highest BCUT2D eigenvalue weighted by Crippen LogP contribution is 2.34. The first-order valence-corrected chi connectivity index (χ1v) is 9.14. The average molecular weight is 337 g/mol. The summed E-state index contributed by atoms with van der Waals surface area (Å²) in [7, 11) is 0. The van der Waals surface area contributed by atoms with Gasteiger partial charge in [0.15, 0.2) is 5.78 Å². The Kier molecular flexibility index (Phi) is 6.50. The average Bonchev–Trinajstić information content (AvgIpc) is 2.48. The van der Waals surface area contributed by atoms with E-state index in [0.717, 1.165) is 25.5 Å². The smallest absolute Gasteiger partial charge is 0.270 e. The summed E-state index contributed by atoms with van der Waals surface area (Å²) in [5.74, 6) is -2.25. The van der Waals surface area contributed by atoms with Crippen LogP contribution in [0.25, 0.3) is 0 Å². The first-order valence-electron chi connectivity index (χ1n) is 9.14. The van der Waals surface area contributed by atoms with Crippen LogP contribution in [0.4, 0.5) is 8.78 Å². The molecule has 2 nitrogen and oxygen atoms in total. The first-order chi connectivity index (χ1) is 11.4.